The van der Waals surface area contributed by atoms with Crippen molar-refractivity contribution in [2.24, 2.45) is 5.92 Å². The normalized spacial score (nSPS) is 19.2. The zero-order valence-corrected chi connectivity index (χ0v) is 18.0. The van der Waals surface area contributed by atoms with E-state index in [1.807, 2.05) is 0 Å². The molecule has 0 aromatic heterocycles. The van der Waals surface area contributed by atoms with Gasteiger partial charge in [0, 0.05) is 50.2 Å². The summed E-state index contributed by atoms with van der Waals surface area (Å²) in [5, 5.41) is 0.480. The molecular weight excluding hydrogens is 418 g/mol. The minimum Gasteiger partial charge on any atom is -0.450 e. The number of carbonyl (C=O) groups is 2. The van der Waals surface area contributed by atoms with Gasteiger partial charge in [-0.15, -0.1) is 0 Å². The zero-order chi connectivity index (χ0) is 21.0. The van der Waals surface area contributed by atoms with Crippen LogP contribution in [0.5, 0.6) is 0 Å². The fourth-order valence-electron chi connectivity index (χ4n) is 3.69. The average molecular weight is 444 g/mol. The summed E-state index contributed by atoms with van der Waals surface area (Å²) in [7, 11) is -3.60. The molecule has 2 aliphatic heterocycles. The van der Waals surface area contributed by atoms with Crippen LogP contribution in [-0.4, -0.2) is 80.4 Å². The molecule has 3 rings (SSSR count). The summed E-state index contributed by atoms with van der Waals surface area (Å²) in [6.45, 7) is 4.35. The molecule has 2 saturated heterocycles. The quantitative estimate of drug-likeness (QED) is 0.710. The van der Waals surface area contributed by atoms with Crippen LogP contribution in [0.3, 0.4) is 0 Å². The van der Waals surface area contributed by atoms with Crippen LogP contribution in [0.15, 0.2) is 29.2 Å². The van der Waals surface area contributed by atoms with Gasteiger partial charge in [-0.25, -0.2) is 13.2 Å². The highest BCUT2D eigenvalue weighted by Gasteiger charge is 2.34. The van der Waals surface area contributed by atoms with Gasteiger partial charge in [0.05, 0.1) is 11.5 Å². The van der Waals surface area contributed by atoms with Gasteiger partial charge in [0.1, 0.15) is 0 Å². The number of halogens is 1. The van der Waals surface area contributed by atoms with Crippen LogP contribution in [0.4, 0.5) is 4.79 Å². The molecule has 160 valence electrons. The van der Waals surface area contributed by atoms with E-state index in [0.717, 1.165) is 0 Å². The number of rotatable bonds is 4. The van der Waals surface area contributed by atoms with Crippen LogP contribution < -0.4 is 0 Å². The minimum absolute atomic E-state index is 0.0389. The highest BCUT2D eigenvalue weighted by molar-refractivity contribution is 7.89. The lowest BCUT2D eigenvalue weighted by Crippen LogP contribution is -2.53. The Kier molecular flexibility index (Phi) is 7.02. The van der Waals surface area contributed by atoms with Gasteiger partial charge in [-0.1, -0.05) is 11.6 Å². The predicted molar refractivity (Wildman–Crippen MR) is 108 cm³/mol. The number of benzene rings is 1. The standard InChI is InChI=1S/C19H26ClN3O5S/c1-2-28-19(25)22-9-7-15(8-10-22)18(24)21-11-13-23(14-12-21)29(26,27)17-5-3-16(20)4-6-17/h3-6,15H,2,7-14H2,1H3. The second-order valence-electron chi connectivity index (χ2n) is 7.14. The number of sulfonamides is 1. The highest BCUT2D eigenvalue weighted by atomic mass is 35.5. The minimum atomic E-state index is -3.60. The number of hydrogen-bond donors (Lipinski definition) is 0. The van der Waals surface area contributed by atoms with Gasteiger partial charge in [-0.2, -0.15) is 4.31 Å². The molecule has 0 unspecified atom stereocenters. The van der Waals surface area contributed by atoms with Crippen molar-refractivity contribution in [3.63, 3.8) is 0 Å². The van der Waals surface area contributed by atoms with Crippen molar-refractivity contribution in [3.8, 4) is 0 Å². The maximum Gasteiger partial charge on any atom is 0.409 e. The van der Waals surface area contributed by atoms with Crippen LogP contribution in [0.25, 0.3) is 0 Å². The van der Waals surface area contributed by atoms with E-state index in [2.05, 4.69) is 0 Å². The van der Waals surface area contributed by atoms with Gasteiger partial charge < -0.3 is 14.5 Å². The summed E-state index contributed by atoms with van der Waals surface area (Å²) in [5.41, 5.74) is 0. The lowest BCUT2D eigenvalue weighted by atomic mass is 9.95. The van der Waals surface area contributed by atoms with Crippen LogP contribution in [-0.2, 0) is 19.6 Å². The summed E-state index contributed by atoms with van der Waals surface area (Å²) < 4.78 is 31.9. The number of nitrogens with zero attached hydrogens (tertiary/aromatic N) is 3. The van der Waals surface area contributed by atoms with Crippen molar-refractivity contribution in [2.75, 3.05) is 45.9 Å². The van der Waals surface area contributed by atoms with Crippen molar-refractivity contribution in [2.45, 2.75) is 24.7 Å². The van der Waals surface area contributed by atoms with E-state index < -0.39 is 10.0 Å². The molecule has 0 saturated carbocycles. The average Bonchev–Trinajstić information content (AvgIpc) is 2.74. The first-order valence-corrected chi connectivity index (χ1v) is 11.6. The second kappa shape index (κ2) is 9.32. The largest absolute Gasteiger partial charge is 0.450 e. The third-order valence-corrected chi connectivity index (χ3v) is 7.54. The van der Waals surface area contributed by atoms with E-state index in [0.29, 0.717) is 50.7 Å². The monoisotopic (exact) mass is 443 g/mol. The van der Waals surface area contributed by atoms with Gasteiger partial charge >= 0.3 is 6.09 Å². The lowest BCUT2D eigenvalue weighted by molar-refractivity contribution is -0.138. The molecule has 2 aliphatic rings. The molecule has 29 heavy (non-hydrogen) atoms. The molecule has 2 fully saturated rings. The van der Waals surface area contributed by atoms with Crippen molar-refractivity contribution < 1.29 is 22.7 Å². The molecule has 2 amide bonds. The summed E-state index contributed by atoms with van der Waals surface area (Å²) in [6.07, 6.45) is 0.862. The number of piperidine rings is 1. The molecule has 1 aromatic carbocycles. The molecule has 0 N–H and O–H groups in total. The second-order valence-corrected chi connectivity index (χ2v) is 9.52. The van der Waals surface area contributed by atoms with Gasteiger partial charge in [0.15, 0.2) is 0 Å². The van der Waals surface area contributed by atoms with E-state index in [4.69, 9.17) is 16.3 Å². The Bertz CT molecular complexity index is 830. The molecule has 2 heterocycles. The topological polar surface area (TPSA) is 87.2 Å². The van der Waals surface area contributed by atoms with Gasteiger partial charge in [0.25, 0.3) is 0 Å². The third kappa shape index (κ3) is 5.02. The number of piperazine rings is 1. The zero-order valence-electron chi connectivity index (χ0n) is 16.4. The Morgan fingerprint density at radius 1 is 1.00 bits per heavy atom. The fraction of sp³-hybridized carbons (Fsp3) is 0.579. The number of carbonyl (C=O) groups excluding carboxylic acids is 2. The van der Waals surface area contributed by atoms with Crippen molar-refractivity contribution in [1.29, 1.82) is 0 Å². The Morgan fingerprint density at radius 3 is 2.14 bits per heavy atom. The van der Waals surface area contributed by atoms with Crippen LogP contribution in [0, 0.1) is 5.92 Å². The Balaban J connectivity index is 1.52. The van der Waals surface area contributed by atoms with Crippen molar-refractivity contribution >= 4 is 33.6 Å². The van der Waals surface area contributed by atoms with Crippen molar-refractivity contribution in [3.05, 3.63) is 29.3 Å². The van der Waals surface area contributed by atoms with E-state index in [9.17, 15) is 18.0 Å². The van der Waals surface area contributed by atoms with E-state index in [1.165, 1.54) is 16.4 Å². The lowest BCUT2D eigenvalue weighted by Gasteiger charge is -2.37. The molecule has 10 heteroatoms. The maximum atomic E-state index is 12.8. The van der Waals surface area contributed by atoms with Crippen molar-refractivity contribution in [1.82, 2.24) is 14.1 Å². The number of likely N-dealkylation sites (tertiary alicyclic amines) is 1. The summed E-state index contributed by atoms with van der Waals surface area (Å²) >= 11 is 5.84. The predicted octanol–water partition coefficient (Wildman–Crippen LogP) is 2.04. The van der Waals surface area contributed by atoms with E-state index >= 15 is 0 Å². The Morgan fingerprint density at radius 2 is 1.59 bits per heavy atom. The maximum absolute atomic E-state index is 12.8. The summed E-state index contributed by atoms with van der Waals surface area (Å²) in [4.78, 5) is 28.2. The molecule has 0 atom stereocenters. The molecule has 1 aromatic rings. The van der Waals surface area contributed by atoms with Crippen LogP contribution in [0.1, 0.15) is 19.8 Å². The molecule has 8 nitrogen and oxygen atoms in total. The first kappa shape index (κ1) is 21.9. The fourth-order valence-corrected chi connectivity index (χ4v) is 5.23. The molecule has 0 aliphatic carbocycles. The number of hydrogen-bond acceptors (Lipinski definition) is 5. The van der Waals surface area contributed by atoms with E-state index in [1.54, 1.807) is 28.9 Å². The smallest absolute Gasteiger partial charge is 0.409 e. The third-order valence-electron chi connectivity index (χ3n) is 5.37. The summed E-state index contributed by atoms with van der Waals surface area (Å²) in [5.74, 6) is -0.0999. The highest BCUT2D eigenvalue weighted by Crippen LogP contribution is 2.23. The molecule has 0 radical (unpaired) electrons. The number of ether oxygens (including phenoxy) is 1. The first-order valence-electron chi connectivity index (χ1n) is 9.79. The SMILES string of the molecule is CCOC(=O)N1CCC(C(=O)N2CCN(S(=O)(=O)c3ccc(Cl)cc3)CC2)CC1. The number of amides is 2. The first-order chi connectivity index (χ1) is 13.8. The van der Waals surface area contributed by atoms with Gasteiger partial charge in [-0.3, -0.25) is 4.79 Å². The molecule has 0 bridgehead atoms. The van der Waals surface area contributed by atoms with Crippen LogP contribution >= 0.6 is 11.6 Å². The van der Waals surface area contributed by atoms with Gasteiger partial charge in [-0.05, 0) is 44.0 Å². The molecule has 0 spiro atoms. The van der Waals surface area contributed by atoms with Gasteiger partial charge in [0.2, 0.25) is 15.9 Å². The Labute approximate surface area is 176 Å². The molecular formula is C19H26ClN3O5S. The van der Waals surface area contributed by atoms with Crippen LogP contribution in [0.2, 0.25) is 5.02 Å². The summed E-state index contributed by atoms with van der Waals surface area (Å²) in [6, 6.07) is 6.09. The van der Waals surface area contributed by atoms with E-state index in [-0.39, 0.29) is 35.9 Å². The Hall–Kier alpha value is -1.84.